The Morgan fingerprint density at radius 2 is 2.15 bits per heavy atom. The zero-order chi connectivity index (χ0) is 15.0. The van der Waals surface area contributed by atoms with Crippen LogP contribution in [-0.4, -0.2) is 42.3 Å². The minimum absolute atomic E-state index is 0.0701. The van der Waals surface area contributed by atoms with E-state index in [9.17, 15) is 19.3 Å². The van der Waals surface area contributed by atoms with E-state index in [1.807, 2.05) is 0 Å². The van der Waals surface area contributed by atoms with Gasteiger partial charge >= 0.3 is 0 Å². The minimum Gasteiger partial charge on any atom is -0.394 e. The fourth-order valence-corrected chi connectivity index (χ4v) is 1.46. The number of aliphatic hydroxyl groups is 1. The Labute approximate surface area is 114 Å². The van der Waals surface area contributed by atoms with E-state index in [-0.39, 0.29) is 25.3 Å². The van der Waals surface area contributed by atoms with E-state index < -0.39 is 22.3 Å². The molecular weight excluding hydrogens is 271 g/mol. The van der Waals surface area contributed by atoms with Gasteiger partial charge < -0.3 is 15.2 Å². The van der Waals surface area contributed by atoms with Gasteiger partial charge in [-0.25, -0.2) is 4.39 Å². The molecule has 0 bridgehead atoms. The minimum atomic E-state index is -0.837. The molecule has 0 saturated carbocycles. The number of benzene rings is 1. The van der Waals surface area contributed by atoms with E-state index in [0.717, 1.165) is 18.2 Å². The first-order chi connectivity index (χ1) is 9.54. The third-order valence-corrected chi connectivity index (χ3v) is 2.34. The summed E-state index contributed by atoms with van der Waals surface area (Å²) in [5.74, 6) is -1.43. The Balaban J connectivity index is 2.49. The van der Waals surface area contributed by atoms with Gasteiger partial charge in [-0.05, 0) is 12.5 Å². The molecule has 0 aromatic heterocycles. The zero-order valence-electron chi connectivity index (χ0n) is 10.7. The molecule has 1 rings (SSSR count). The average molecular weight is 286 g/mol. The molecule has 0 saturated heterocycles. The molecule has 20 heavy (non-hydrogen) atoms. The Morgan fingerprint density at radius 1 is 1.40 bits per heavy atom. The molecule has 0 heterocycles. The number of carbonyl (C=O) groups excluding carboxylic acids is 1. The highest BCUT2D eigenvalue weighted by atomic mass is 19.1. The SMILES string of the molecule is O=C(NCCCOCCO)c1cc(F)cc([N+](=O)[O-])c1. The number of nitro benzene ring substituents is 1. The number of nitrogens with one attached hydrogen (secondary N) is 1. The van der Waals surface area contributed by atoms with Crippen molar-refractivity contribution in [3.8, 4) is 0 Å². The van der Waals surface area contributed by atoms with Crippen molar-refractivity contribution in [2.75, 3.05) is 26.4 Å². The number of non-ortho nitro benzene ring substituents is 1. The third-order valence-electron chi connectivity index (χ3n) is 2.34. The van der Waals surface area contributed by atoms with Crippen molar-refractivity contribution >= 4 is 11.6 Å². The highest BCUT2D eigenvalue weighted by Crippen LogP contribution is 2.16. The molecule has 1 amide bonds. The number of nitrogens with zero attached hydrogens (tertiary/aromatic N) is 1. The number of halogens is 1. The van der Waals surface area contributed by atoms with E-state index in [1.165, 1.54) is 0 Å². The second-order valence-corrected chi connectivity index (χ2v) is 3.90. The topological polar surface area (TPSA) is 102 Å². The normalized spacial score (nSPS) is 10.3. The van der Waals surface area contributed by atoms with Gasteiger partial charge in [0, 0.05) is 24.8 Å². The van der Waals surface area contributed by atoms with Gasteiger partial charge in [0.15, 0.2) is 0 Å². The second-order valence-electron chi connectivity index (χ2n) is 3.90. The number of rotatable bonds is 8. The maximum Gasteiger partial charge on any atom is 0.273 e. The Bertz CT molecular complexity index is 481. The van der Waals surface area contributed by atoms with Gasteiger partial charge in [0.05, 0.1) is 24.2 Å². The molecule has 7 nitrogen and oxygen atoms in total. The van der Waals surface area contributed by atoms with Gasteiger partial charge in [-0.1, -0.05) is 0 Å². The molecule has 0 aliphatic rings. The average Bonchev–Trinajstić information content (AvgIpc) is 2.41. The fourth-order valence-electron chi connectivity index (χ4n) is 1.46. The zero-order valence-corrected chi connectivity index (χ0v) is 10.7. The number of nitro groups is 1. The van der Waals surface area contributed by atoms with Gasteiger partial charge in [-0.15, -0.1) is 0 Å². The van der Waals surface area contributed by atoms with Crippen molar-refractivity contribution in [2.45, 2.75) is 6.42 Å². The van der Waals surface area contributed by atoms with Crippen molar-refractivity contribution < 1.29 is 24.0 Å². The molecule has 0 aliphatic carbocycles. The molecule has 0 unspecified atom stereocenters. The van der Waals surface area contributed by atoms with Crippen molar-refractivity contribution in [1.29, 1.82) is 0 Å². The molecule has 110 valence electrons. The van der Waals surface area contributed by atoms with Crippen LogP contribution in [0.25, 0.3) is 0 Å². The predicted octanol–water partition coefficient (Wildman–Crippen LogP) is 0.863. The number of ether oxygens (including phenoxy) is 1. The van der Waals surface area contributed by atoms with Gasteiger partial charge in [0.2, 0.25) is 0 Å². The van der Waals surface area contributed by atoms with Crippen LogP contribution in [0, 0.1) is 15.9 Å². The number of carbonyl (C=O) groups is 1. The summed E-state index contributed by atoms with van der Waals surface area (Å²) in [5, 5.41) is 21.5. The molecule has 0 aliphatic heterocycles. The monoisotopic (exact) mass is 286 g/mol. The summed E-state index contributed by atoms with van der Waals surface area (Å²) in [6.07, 6.45) is 0.517. The van der Waals surface area contributed by atoms with Crippen molar-refractivity contribution in [2.24, 2.45) is 0 Å². The Hall–Kier alpha value is -2.06. The van der Waals surface area contributed by atoms with E-state index in [1.54, 1.807) is 0 Å². The molecule has 0 atom stereocenters. The van der Waals surface area contributed by atoms with E-state index in [4.69, 9.17) is 9.84 Å². The van der Waals surface area contributed by atoms with Crippen molar-refractivity contribution in [3.63, 3.8) is 0 Å². The molecule has 2 N–H and O–H groups in total. The third kappa shape index (κ3) is 5.29. The van der Waals surface area contributed by atoms with E-state index >= 15 is 0 Å². The Morgan fingerprint density at radius 3 is 2.80 bits per heavy atom. The lowest BCUT2D eigenvalue weighted by atomic mass is 10.2. The van der Waals surface area contributed by atoms with Crippen LogP contribution in [0.5, 0.6) is 0 Å². The first-order valence-electron chi connectivity index (χ1n) is 5.96. The summed E-state index contributed by atoms with van der Waals surface area (Å²) in [6.45, 7) is 0.808. The highest BCUT2D eigenvalue weighted by molar-refractivity contribution is 5.94. The first kappa shape index (κ1) is 16.0. The maximum absolute atomic E-state index is 13.1. The summed E-state index contributed by atoms with van der Waals surface area (Å²) >= 11 is 0. The van der Waals surface area contributed by atoms with Crippen molar-refractivity contribution in [1.82, 2.24) is 5.32 Å². The van der Waals surface area contributed by atoms with E-state index in [0.29, 0.717) is 13.0 Å². The van der Waals surface area contributed by atoms with Crippen LogP contribution in [0.1, 0.15) is 16.8 Å². The lowest BCUT2D eigenvalue weighted by Gasteiger charge is -2.06. The summed E-state index contributed by atoms with van der Waals surface area (Å²) in [6, 6.07) is 2.70. The van der Waals surface area contributed by atoms with Gasteiger partial charge in [-0.3, -0.25) is 14.9 Å². The Kier molecular flexibility index (Phi) is 6.54. The standard InChI is InChI=1S/C12H15FN2O5/c13-10-6-9(7-11(8-10)15(18)19)12(17)14-2-1-4-20-5-3-16/h6-8,16H,1-5H2,(H,14,17). The molecule has 0 spiro atoms. The smallest absolute Gasteiger partial charge is 0.273 e. The summed E-state index contributed by atoms with van der Waals surface area (Å²) in [5.41, 5.74) is -0.575. The number of hydrogen-bond donors (Lipinski definition) is 2. The molecule has 8 heteroatoms. The molecule has 1 aromatic rings. The summed E-state index contributed by atoms with van der Waals surface area (Å²) in [4.78, 5) is 21.5. The lowest BCUT2D eigenvalue weighted by molar-refractivity contribution is -0.385. The number of aliphatic hydroxyl groups excluding tert-OH is 1. The fraction of sp³-hybridized carbons (Fsp3) is 0.417. The molecule has 0 radical (unpaired) electrons. The predicted molar refractivity (Wildman–Crippen MR) is 67.9 cm³/mol. The van der Waals surface area contributed by atoms with Crippen LogP contribution in [0.4, 0.5) is 10.1 Å². The molecule has 0 fully saturated rings. The molecular formula is C12H15FN2O5. The number of amides is 1. The summed E-state index contributed by atoms with van der Waals surface area (Å²) < 4.78 is 18.1. The quantitative estimate of drug-likeness (QED) is 0.419. The van der Waals surface area contributed by atoms with Crippen LogP contribution in [0.2, 0.25) is 0 Å². The second kappa shape index (κ2) is 8.18. The van der Waals surface area contributed by atoms with Crippen molar-refractivity contribution in [3.05, 3.63) is 39.7 Å². The molecule has 1 aromatic carbocycles. The van der Waals surface area contributed by atoms with Gasteiger partial charge in [0.1, 0.15) is 5.82 Å². The maximum atomic E-state index is 13.1. The van der Waals surface area contributed by atoms with Crippen LogP contribution in [0.3, 0.4) is 0 Å². The van der Waals surface area contributed by atoms with Crippen LogP contribution in [-0.2, 0) is 4.74 Å². The first-order valence-corrected chi connectivity index (χ1v) is 5.96. The highest BCUT2D eigenvalue weighted by Gasteiger charge is 2.14. The summed E-state index contributed by atoms with van der Waals surface area (Å²) in [7, 11) is 0. The van der Waals surface area contributed by atoms with Crippen LogP contribution in [0.15, 0.2) is 18.2 Å². The number of hydrogen-bond acceptors (Lipinski definition) is 5. The van der Waals surface area contributed by atoms with Crippen LogP contribution >= 0.6 is 0 Å². The lowest BCUT2D eigenvalue weighted by Crippen LogP contribution is -2.25. The van der Waals surface area contributed by atoms with Gasteiger partial charge in [-0.2, -0.15) is 0 Å². The largest absolute Gasteiger partial charge is 0.394 e. The van der Waals surface area contributed by atoms with Crippen LogP contribution < -0.4 is 5.32 Å². The van der Waals surface area contributed by atoms with E-state index in [2.05, 4.69) is 5.32 Å². The van der Waals surface area contributed by atoms with Gasteiger partial charge in [0.25, 0.3) is 11.6 Å².